The Morgan fingerprint density at radius 1 is 1.19 bits per heavy atom. The molecule has 2 amide bonds. The summed E-state index contributed by atoms with van der Waals surface area (Å²) in [6, 6.07) is 5.32. The fourth-order valence-corrected chi connectivity index (χ4v) is 2.37. The Morgan fingerprint density at radius 3 is 2.10 bits per heavy atom. The van der Waals surface area contributed by atoms with E-state index in [1.54, 1.807) is 6.07 Å². The largest absolute Gasteiger partial charge is 0.480 e. The highest BCUT2D eigenvalue weighted by Crippen LogP contribution is 2.11. The summed E-state index contributed by atoms with van der Waals surface area (Å²) in [5.41, 5.74) is 0.0225. The predicted octanol–water partition coefficient (Wildman–Crippen LogP) is 0.0163. The SMILES string of the molecule is CC(=O)N(C(=O)c1ccccc1)[C@@H](CS(=O)(=O)O)C(=O)O. The van der Waals surface area contributed by atoms with E-state index in [1.807, 2.05) is 0 Å². The molecule has 0 spiro atoms. The molecule has 9 heteroatoms. The Balaban J connectivity index is 3.23. The van der Waals surface area contributed by atoms with Gasteiger partial charge >= 0.3 is 5.97 Å². The van der Waals surface area contributed by atoms with E-state index in [1.165, 1.54) is 24.3 Å². The van der Waals surface area contributed by atoms with Crippen molar-refractivity contribution in [1.82, 2.24) is 4.90 Å². The molecular weight excluding hydrogens is 302 g/mol. The fraction of sp³-hybridized carbons (Fsp3) is 0.250. The van der Waals surface area contributed by atoms with Crippen LogP contribution in [0.15, 0.2) is 30.3 Å². The van der Waals surface area contributed by atoms with Crippen molar-refractivity contribution in [3.05, 3.63) is 35.9 Å². The maximum absolute atomic E-state index is 12.2. The van der Waals surface area contributed by atoms with Gasteiger partial charge in [0.15, 0.2) is 6.04 Å². The number of hydrogen-bond donors (Lipinski definition) is 2. The van der Waals surface area contributed by atoms with Gasteiger partial charge in [-0.1, -0.05) is 18.2 Å². The van der Waals surface area contributed by atoms with Crippen LogP contribution in [0.2, 0.25) is 0 Å². The van der Waals surface area contributed by atoms with Crippen LogP contribution < -0.4 is 0 Å². The van der Waals surface area contributed by atoms with E-state index in [0.717, 1.165) is 6.92 Å². The summed E-state index contributed by atoms with van der Waals surface area (Å²) >= 11 is 0. The van der Waals surface area contributed by atoms with E-state index in [9.17, 15) is 22.8 Å². The number of amides is 2. The summed E-state index contributed by atoms with van der Waals surface area (Å²) in [5.74, 6) is -4.90. The standard InChI is InChI=1S/C12H13NO7S/c1-8(14)13(10(12(16)17)7-21(18,19)20)11(15)9-5-3-2-4-6-9/h2-6,10H,7H2,1H3,(H,16,17)(H,18,19,20)/t10-/m0/s1. The zero-order chi connectivity index (χ0) is 16.2. The van der Waals surface area contributed by atoms with Crippen LogP contribution in [0.5, 0.6) is 0 Å². The van der Waals surface area contributed by atoms with E-state index < -0.39 is 39.7 Å². The lowest BCUT2D eigenvalue weighted by Gasteiger charge is -2.25. The molecule has 0 fully saturated rings. The van der Waals surface area contributed by atoms with E-state index in [0.29, 0.717) is 4.90 Å². The van der Waals surface area contributed by atoms with Gasteiger partial charge in [-0.05, 0) is 12.1 Å². The van der Waals surface area contributed by atoms with Crippen molar-refractivity contribution >= 4 is 27.9 Å². The summed E-state index contributed by atoms with van der Waals surface area (Å²) in [4.78, 5) is 35.2. The molecule has 114 valence electrons. The third-order valence-electron chi connectivity index (χ3n) is 2.54. The molecule has 1 aromatic rings. The van der Waals surface area contributed by atoms with Gasteiger partial charge in [-0.15, -0.1) is 0 Å². The minimum Gasteiger partial charge on any atom is -0.480 e. The normalized spacial score (nSPS) is 12.5. The molecular formula is C12H13NO7S. The van der Waals surface area contributed by atoms with Crippen molar-refractivity contribution in [3.63, 3.8) is 0 Å². The van der Waals surface area contributed by atoms with Crippen molar-refractivity contribution < 1.29 is 32.5 Å². The Bertz CT molecular complexity index is 653. The van der Waals surface area contributed by atoms with E-state index in [2.05, 4.69) is 0 Å². The van der Waals surface area contributed by atoms with Crippen LogP contribution in [0.3, 0.4) is 0 Å². The summed E-state index contributed by atoms with van der Waals surface area (Å²) in [5, 5.41) is 9.03. The second-order valence-electron chi connectivity index (χ2n) is 4.16. The number of imide groups is 1. The number of carboxylic acid groups (broad SMARTS) is 1. The first-order valence-corrected chi connectivity index (χ1v) is 7.31. The van der Waals surface area contributed by atoms with Gasteiger partial charge in [0.25, 0.3) is 16.0 Å². The van der Waals surface area contributed by atoms with E-state index in [4.69, 9.17) is 9.66 Å². The fourth-order valence-electron chi connectivity index (χ4n) is 1.68. The average molecular weight is 315 g/mol. The van der Waals surface area contributed by atoms with Crippen LogP contribution in [0.25, 0.3) is 0 Å². The van der Waals surface area contributed by atoms with Crippen LogP contribution in [0.4, 0.5) is 0 Å². The lowest BCUT2D eigenvalue weighted by molar-refractivity contribution is -0.146. The predicted molar refractivity (Wildman–Crippen MR) is 71.1 cm³/mol. The molecule has 0 aromatic heterocycles. The van der Waals surface area contributed by atoms with Gasteiger partial charge in [-0.2, -0.15) is 8.42 Å². The maximum atomic E-state index is 12.2. The average Bonchev–Trinajstić information content (AvgIpc) is 2.36. The minimum absolute atomic E-state index is 0.0225. The van der Waals surface area contributed by atoms with Crippen LogP contribution in [0.1, 0.15) is 17.3 Å². The minimum atomic E-state index is -4.69. The van der Waals surface area contributed by atoms with E-state index >= 15 is 0 Å². The molecule has 8 nitrogen and oxygen atoms in total. The lowest BCUT2D eigenvalue weighted by atomic mass is 10.1. The molecule has 2 N–H and O–H groups in total. The molecule has 0 radical (unpaired) electrons. The first-order chi connectivity index (χ1) is 9.63. The Morgan fingerprint density at radius 2 is 1.71 bits per heavy atom. The molecule has 0 aliphatic rings. The Labute approximate surface area is 120 Å². The molecule has 0 saturated heterocycles. The Kier molecular flexibility index (Phi) is 5.17. The van der Waals surface area contributed by atoms with Gasteiger partial charge in [0.2, 0.25) is 5.91 Å². The smallest absolute Gasteiger partial charge is 0.328 e. The number of carbonyl (C=O) groups is 3. The third-order valence-corrected chi connectivity index (χ3v) is 3.28. The number of carboxylic acids is 1. The molecule has 1 aromatic carbocycles. The van der Waals surface area contributed by atoms with Crippen LogP contribution >= 0.6 is 0 Å². The second kappa shape index (κ2) is 6.46. The number of aliphatic carboxylic acids is 1. The monoisotopic (exact) mass is 315 g/mol. The van der Waals surface area contributed by atoms with Gasteiger partial charge in [0, 0.05) is 12.5 Å². The van der Waals surface area contributed by atoms with Crippen molar-refractivity contribution in [1.29, 1.82) is 0 Å². The zero-order valence-corrected chi connectivity index (χ0v) is 11.8. The summed E-state index contributed by atoms with van der Waals surface area (Å²) < 4.78 is 30.5. The number of benzene rings is 1. The second-order valence-corrected chi connectivity index (χ2v) is 5.66. The molecule has 21 heavy (non-hydrogen) atoms. The van der Waals surface area contributed by atoms with Gasteiger partial charge in [0.05, 0.1) is 0 Å². The number of rotatable bonds is 5. The van der Waals surface area contributed by atoms with Crippen molar-refractivity contribution in [3.8, 4) is 0 Å². The lowest BCUT2D eigenvalue weighted by Crippen LogP contribution is -2.51. The van der Waals surface area contributed by atoms with Gasteiger partial charge in [0.1, 0.15) is 5.75 Å². The number of carbonyl (C=O) groups excluding carboxylic acids is 2. The molecule has 1 rings (SSSR count). The quantitative estimate of drug-likeness (QED) is 0.732. The summed E-state index contributed by atoms with van der Waals surface area (Å²) in [7, 11) is -4.69. The number of nitrogens with zero attached hydrogens (tertiary/aromatic N) is 1. The van der Waals surface area contributed by atoms with Gasteiger partial charge in [-0.3, -0.25) is 19.0 Å². The van der Waals surface area contributed by atoms with Crippen LogP contribution in [-0.2, 0) is 19.7 Å². The summed E-state index contributed by atoms with van der Waals surface area (Å²) in [6.07, 6.45) is 0. The Hall–Kier alpha value is -2.26. The molecule has 1 atom stereocenters. The van der Waals surface area contributed by atoms with Crippen LogP contribution in [0, 0.1) is 0 Å². The highest BCUT2D eigenvalue weighted by atomic mass is 32.2. The molecule has 0 saturated carbocycles. The molecule has 0 bridgehead atoms. The zero-order valence-electron chi connectivity index (χ0n) is 11.0. The molecule has 0 heterocycles. The molecule has 0 unspecified atom stereocenters. The van der Waals surface area contributed by atoms with Crippen molar-refractivity contribution in [2.45, 2.75) is 13.0 Å². The van der Waals surface area contributed by atoms with Crippen LogP contribution in [-0.4, -0.2) is 52.6 Å². The first-order valence-electron chi connectivity index (χ1n) is 5.70. The van der Waals surface area contributed by atoms with Gasteiger partial charge in [-0.25, -0.2) is 4.79 Å². The highest BCUT2D eigenvalue weighted by Gasteiger charge is 2.36. The maximum Gasteiger partial charge on any atom is 0.328 e. The van der Waals surface area contributed by atoms with Gasteiger partial charge < -0.3 is 5.11 Å². The highest BCUT2D eigenvalue weighted by molar-refractivity contribution is 7.85. The topological polar surface area (TPSA) is 129 Å². The first kappa shape index (κ1) is 16.8. The van der Waals surface area contributed by atoms with E-state index in [-0.39, 0.29) is 5.56 Å². The van der Waals surface area contributed by atoms with Crippen molar-refractivity contribution in [2.24, 2.45) is 0 Å². The number of hydrogen-bond acceptors (Lipinski definition) is 5. The molecule has 0 aliphatic heterocycles. The molecule has 0 aliphatic carbocycles. The third kappa shape index (κ3) is 4.65. The van der Waals surface area contributed by atoms with Crippen molar-refractivity contribution in [2.75, 3.05) is 5.75 Å². The summed E-state index contributed by atoms with van der Waals surface area (Å²) in [6.45, 7) is 0.931.